The Labute approximate surface area is 153 Å². The van der Waals surface area contributed by atoms with Crippen molar-refractivity contribution in [3.63, 3.8) is 0 Å². The van der Waals surface area contributed by atoms with Gasteiger partial charge in [0.05, 0.1) is 12.8 Å². The first-order valence-electron chi connectivity index (χ1n) is 8.86. The van der Waals surface area contributed by atoms with E-state index in [9.17, 15) is 4.39 Å². The predicted molar refractivity (Wildman–Crippen MR) is 100 cm³/mol. The van der Waals surface area contributed by atoms with E-state index in [0.29, 0.717) is 24.7 Å². The number of nitrogens with one attached hydrogen (secondary N) is 2. The van der Waals surface area contributed by atoms with Gasteiger partial charge in [-0.1, -0.05) is 0 Å². The molecule has 1 aromatic carbocycles. The molecule has 1 aliphatic heterocycles. The molecule has 7 nitrogen and oxygen atoms in total. The first kappa shape index (κ1) is 16.1. The van der Waals surface area contributed by atoms with Gasteiger partial charge in [-0.25, -0.2) is 9.37 Å². The minimum Gasteiger partial charge on any atom is -0.423 e. The molecule has 0 radical (unpaired) electrons. The van der Waals surface area contributed by atoms with Crippen molar-refractivity contribution in [1.29, 1.82) is 0 Å². The standard InChI is InChI=1S/C19H18FN5O2/c20-11-7-13-14-10-25(5-3-15(14)23-18(13)22-9-11)12-1-2-16-17(8-12)27-19(24-16)21-4-6-26/h1-2,7-9,26H,3-6,10H2,(H,21,24)(H,22,23). The number of fused-ring (bicyclic) bond motifs is 4. The average Bonchev–Trinajstić information content (AvgIpc) is 3.25. The molecule has 3 aromatic heterocycles. The number of benzene rings is 1. The van der Waals surface area contributed by atoms with Crippen LogP contribution < -0.4 is 10.2 Å². The molecule has 4 heterocycles. The molecule has 138 valence electrons. The van der Waals surface area contributed by atoms with Crippen molar-refractivity contribution in [2.75, 3.05) is 29.9 Å². The summed E-state index contributed by atoms with van der Waals surface area (Å²) in [6, 6.07) is 7.84. The third-order valence-corrected chi connectivity index (χ3v) is 4.92. The quantitative estimate of drug-likeness (QED) is 0.514. The molecule has 0 aliphatic carbocycles. The average molecular weight is 367 g/mol. The van der Waals surface area contributed by atoms with Gasteiger partial charge in [0.25, 0.3) is 6.01 Å². The summed E-state index contributed by atoms with van der Waals surface area (Å²) in [7, 11) is 0. The largest absolute Gasteiger partial charge is 0.423 e. The minimum atomic E-state index is -0.326. The van der Waals surface area contributed by atoms with Crippen molar-refractivity contribution in [1.82, 2.24) is 15.0 Å². The molecule has 0 unspecified atom stereocenters. The molecule has 4 aromatic rings. The minimum absolute atomic E-state index is 0.0140. The van der Waals surface area contributed by atoms with Crippen molar-refractivity contribution in [2.45, 2.75) is 13.0 Å². The number of halogens is 1. The van der Waals surface area contributed by atoms with E-state index >= 15 is 0 Å². The highest BCUT2D eigenvalue weighted by atomic mass is 19.1. The van der Waals surface area contributed by atoms with Crippen LogP contribution in [0.2, 0.25) is 0 Å². The number of hydrogen-bond acceptors (Lipinski definition) is 6. The maximum absolute atomic E-state index is 13.6. The van der Waals surface area contributed by atoms with Gasteiger partial charge in [0.1, 0.15) is 17.0 Å². The Hall–Kier alpha value is -3.13. The maximum Gasteiger partial charge on any atom is 0.295 e. The molecule has 0 fully saturated rings. The van der Waals surface area contributed by atoms with Crippen LogP contribution in [0.3, 0.4) is 0 Å². The summed E-state index contributed by atoms with van der Waals surface area (Å²) >= 11 is 0. The molecule has 8 heteroatoms. The molecule has 5 rings (SSSR count). The van der Waals surface area contributed by atoms with Gasteiger partial charge in [-0.3, -0.25) is 0 Å². The molecule has 27 heavy (non-hydrogen) atoms. The molecule has 0 spiro atoms. The fourth-order valence-corrected chi connectivity index (χ4v) is 3.63. The van der Waals surface area contributed by atoms with Crippen molar-refractivity contribution in [3.8, 4) is 0 Å². The van der Waals surface area contributed by atoms with E-state index in [2.05, 4.69) is 25.2 Å². The van der Waals surface area contributed by atoms with E-state index < -0.39 is 0 Å². The Morgan fingerprint density at radius 3 is 3.15 bits per heavy atom. The zero-order valence-electron chi connectivity index (χ0n) is 14.5. The fourth-order valence-electron chi connectivity index (χ4n) is 3.63. The lowest BCUT2D eigenvalue weighted by Gasteiger charge is -2.29. The number of aromatic amines is 1. The van der Waals surface area contributed by atoms with E-state index in [1.807, 2.05) is 18.2 Å². The summed E-state index contributed by atoms with van der Waals surface area (Å²) in [5, 5.41) is 12.7. The number of hydrogen-bond donors (Lipinski definition) is 3. The van der Waals surface area contributed by atoms with E-state index in [-0.39, 0.29) is 12.4 Å². The molecule has 0 saturated carbocycles. The van der Waals surface area contributed by atoms with Gasteiger partial charge in [-0.05, 0) is 18.2 Å². The first-order valence-corrected chi connectivity index (χ1v) is 8.86. The van der Waals surface area contributed by atoms with Crippen LogP contribution in [0.15, 0.2) is 34.9 Å². The fraction of sp³-hybridized carbons (Fsp3) is 0.263. The van der Waals surface area contributed by atoms with Crippen LogP contribution >= 0.6 is 0 Å². The van der Waals surface area contributed by atoms with Crippen LogP contribution in [0.5, 0.6) is 0 Å². The number of nitrogens with zero attached hydrogens (tertiary/aromatic N) is 3. The van der Waals surface area contributed by atoms with Crippen LogP contribution in [0.25, 0.3) is 22.1 Å². The smallest absolute Gasteiger partial charge is 0.295 e. The number of anilines is 2. The SMILES string of the molecule is OCCNc1nc2ccc(N3CCc4[nH]c5ncc(F)cc5c4C3)cc2o1. The van der Waals surface area contributed by atoms with Crippen molar-refractivity contribution in [3.05, 3.63) is 47.5 Å². The summed E-state index contributed by atoms with van der Waals surface area (Å²) in [5.41, 5.74) is 5.41. The first-order chi connectivity index (χ1) is 13.2. The molecule has 0 bridgehead atoms. The van der Waals surface area contributed by atoms with Crippen molar-refractivity contribution < 1.29 is 13.9 Å². The summed E-state index contributed by atoms with van der Waals surface area (Å²) in [4.78, 5) is 14.1. The topological polar surface area (TPSA) is 90.2 Å². The van der Waals surface area contributed by atoms with Crippen LogP contribution in [0.4, 0.5) is 16.1 Å². The van der Waals surface area contributed by atoms with Crippen LogP contribution in [-0.4, -0.2) is 39.8 Å². The molecular formula is C19H18FN5O2. The number of aromatic nitrogens is 3. The lowest BCUT2D eigenvalue weighted by atomic mass is 10.0. The predicted octanol–water partition coefficient (Wildman–Crippen LogP) is 2.81. The summed E-state index contributed by atoms with van der Waals surface area (Å²) in [6.45, 7) is 1.92. The normalized spacial score (nSPS) is 14.1. The van der Waals surface area contributed by atoms with Crippen molar-refractivity contribution >= 4 is 33.8 Å². The summed E-state index contributed by atoms with van der Waals surface area (Å²) in [5.74, 6) is -0.326. The van der Waals surface area contributed by atoms with E-state index in [1.165, 1.54) is 6.20 Å². The van der Waals surface area contributed by atoms with Gasteiger partial charge in [0.15, 0.2) is 5.58 Å². The Morgan fingerprint density at radius 1 is 1.33 bits per heavy atom. The third kappa shape index (κ3) is 2.78. The molecule has 1 aliphatic rings. The molecule has 0 amide bonds. The van der Waals surface area contributed by atoms with Crippen molar-refractivity contribution in [2.24, 2.45) is 0 Å². The van der Waals surface area contributed by atoms with E-state index in [4.69, 9.17) is 9.52 Å². The van der Waals surface area contributed by atoms with Crippen LogP contribution in [-0.2, 0) is 13.0 Å². The van der Waals surface area contributed by atoms with E-state index in [1.54, 1.807) is 6.07 Å². The van der Waals surface area contributed by atoms with Gasteiger partial charge in [-0.2, -0.15) is 4.98 Å². The highest BCUT2D eigenvalue weighted by Gasteiger charge is 2.22. The van der Waals surface area contributed by atoms with Gasteiger partial charge >= 0.3 is 0 Å². The Balaban J connectivity index is 1.47. The van der Waals surface area contributed by atoms with Crippen LogP contribution in [0, 0.1) is 5.82 Å². The number of H-pyrrole nitrogens is 1. The van der Waals surface area contributed by atoms with E-state index in [0.717, 1.165) is 46.5 Å². The monoisotopic (exact) mass is 367 g/mol. The molecule has 3 N–H and O–H groups in total. The molecule has 0 saturated heterocycles. The molecular weight excluding hydrogens is 349 g/mol. The second-order valence-corrected chi connectivity index (χ2v) is 6.62. The number of oxazole rings is 1. The van der Waals surface area contributed by atoms with Gasteiger partial charge in [0.2, 0.25) is 0 Å². The lowest BCUT2D eigenvalue weighted by Crippen LogP contribution is -2.29. The lowest BCUT2D eigenvalue weighted by molar-refractivity contribution is 0.310. The number of aliphatic hydroxyl groups excluding tert-OH is 1. The zero-order chi connectivity index (χ0) is 18.4. The third-order valence-electron chi connectivity index (χ3n) is 4.92. The van der Waals surface area contributed by atoms with Gasteiger partial charge in [0, 0.05) is 54.5 Å². The van der Waals surface area contributed by atoms with Gasteiger partial charge in [-0.15, -0.1) is 0 Å². The molecule has 0 atom stereocenters. The Kier molecular flexibility index (Phi) is 3.71. The highest BCUT2D eigenvalue weighted by molar-refractivity contribution is 5.83. The number of pyridine rings is 1. The Morgan fingerprint density at radius 2 is 2.26 bits per heavy atom. The Bertz CT molecular complexity index is 1140. The van der Waals surface area contributed by atoms with Gasteiger partial charge < -0.3 is 24.7 Å². The summed E-state index contributed by atoms with van der Waals surface area (Å²) in [6.07, 6.45) is 2.08. The second kappa shape index (κ2) is 6.24. The number of aliphatic hydroxyl groups is 1. The zero-order valence-corrected chi connectivity index (χ0v) is 14.5. The second-order valence-electron chi connectivity index (χ2n) is 6.62. The summed E-state index contributed by atoms with van der Waals surface area (Å²) < 4.78 is 19.4. The number of rotatable bonds is 4. The van der Waals surface area contributed by atoms with Crippen LogP contribution in [0.1, 0.15) is 11.3 Å². The maximum atomic E-state index is 13.6. The highest BCUT2D eigenvalue weighted by Crippen LogP contribution is 2.31.